The van der Waals surface area contributed by atoms with Crippen LogP contribution in [0.25, 0.3) is 0 Å². The van der Waals surface area contributed by atoms with Gasteiger partial charge in [0.2, 0.25) is 11.8 Å². The Morgan fingerprint density at radius 3 is 1.86 bits per heavy atom. The van der Waals surface area contributed by atoms with Crippen LogP contribution in [-0.4, -0.2) is 25.5 Å². The number of amides is 2. The maximum atomic E-state index is 12.0. The quantitative estimate of drug-likeness (QED) is 0.568. The molecule has 0 bridgehead atoms. The molecule has 1 aromatic carbocycles. The fourth-order valence-electron chi connectivity index (χ4n) is 2.70. The molecule has 2 amide bonds. The summed E-state index contributed by atoms with van der Waals surface area (Å²) in [6, 6.07) is 10.1. The molecule has 2 saturated carbocycles. The maximum absolute atomic E-state index is 12.0. The second-order valence-corrected chi connectivity index (χ2v) is 10.1. The highest BCUT2D eigenvalue weighted by molar-refractivity contribution is 6.53. The summed E-state index contributed by atoms with van der Waals surface area (Å²) in [6.07, 6.45) is 2.37. The van der Waals surface area contributed by atoms with Gasteiger partial charge in [0.05, 0.1) is 18.0 Å². The molecule has 2 fully saturated rings. The van der Waals surface area contributed by atoms with E-state index in [4.69, 9.17) is 51.1 Å². The van der Waals surface area contributed by atoms with E-state index in [-0.39, 0.29) is 11.8 Å². The Kier molecular flexibility index (Phi) is 5.32. The highest BCUT2D eigenvalue weighted by atomic mass is 35.5. The first-order valence-corrected chi connectivity index (χ1v) is 10.3. The molecule has 152 valence electrons. The lowest BCUT2D eigenvalue weighted by Gasteiger charge is -2.09. The number of hydrogen-bond acceptors (Lipinski definition) is 4. The Bertz CT molecular complexity index is 871. The third-order valence-electron chi connectivity index (χ3n) is 4.63. The van der Waals surface area contributed by atoms with Gasteiger partial charge in [0, 0.05) is 5.69 Å². The first kappa shape index (κ1) is 20.5. The number of nitrogens with zero attached hydrogens (tertiary/aromatic N) is 1. The number of halogens is 4. The van der Waals surface area contributed by atoms with Gasteiger partial charge < -0.3 is 15.4 Å². The third kappa shape index (κ3) is 4.89. The number of carbonyl (C=O) groups is 2. The number of pyridine rings is 1. The second-order valence-electron chi connectivity index (χ2n) is 7.02. The molecule has 1 heterocycles. The molecular weight excluding hydrogens is 460 g/mol. The monoisotopic (exact) mass is 473 g/mol. The van der Waals surface area contributed by atoms with Crippen LogP contribution < -0.4 is 15.4 Å². The van der Waals surface area contributed by atoms with E-state index >= 15 is 0 Å². The molecule has 2 aliphatic carbocycles. The van der Waals surface area contributed by atoms with Crippen LogP contribution in [0.4, 0.5) is 11.5 Å². The highest BCUT2D eigenvalue weighted by Crippen LogP contribution is 2.54. The lowest BCUT2D eigenvalue weighted by molar-refractivity contribution is -0.118. The zero-order chi connectivity index (χ0) is 20.8. The van der Waals surface area contributed by atoms with Gasteiger partial charge in [-0.2, -0.15) is 0 Å². The molecule has 0 spiro atoms. The molecule has 29 heavy (non-hydrogen) atoms. The summed E-state index contributed by atoms with van der Waals surface area (Å²) in [4.78, 5) is 28.1. The molecule has 6 nitrogen and oxygen atoms in total. The molecule has 2 aromatic rings. The van der Waals surface area contributed by atoms with Crippen LogP contribution in [0.2, 0.25) is 0 Å². The molecule has 0 aliphatic heterocycles. The number of carbonyl (C=O) groups excluding carboxylic acids is 2. The summed E-state index contributed by atoms with van der Waals surface area (Å²) < 4.78 is 3.78. The molecule has 2 atom stereocenters. The van der Waals surface area contributed by atoms with E-state index in [9.17, 15) is 9.59 Å². The van der Waals surface area contributed by atoms with E-state index in [1.165, 1.54) is 6.20 Å². The van der Waals surface area contributed by atoms with Crippen molar-refractivity contribution in [1.82, 2.24) is 4.98 Å². The fraction of sp³-hybridized carbons (Fsp3) is 0.316. The fourth-order valence-corrected chi connectivity index (χ4v) is 3.71. The third-order valence-corrected chi connectivity index (χ3v) is 6.30. The number of benzene rings is 1. The number of aromatic nitrogens is 1. The van der Waals surface area contributed by atoms with Crippen molar-refractivity contribution >= 4 is 69.7 Å². The first-order valence-electron chi connectivity index (χ1n) is 8.75. The van der Waals surface area contributed by atoms with Crippen LogP contribution in [0.5, 0.6) is 11.5 Å². The van der Waals surface area contributed by atoms with Crippen LogP contribution in [-0.2, 0) is 9.59 Å². The van der Waals surface area contributed by atoms with Gasteiger partial charge in [-0.15, -0.1) is 46.4 Å². The Labute approximate surface area is 186 Å². The van der Waals surface area contributed by atoms with Gasteiger partial charge in [0.15, 0.2) is 0 Å². The number of ether oxygens (including phenoxy) is 1. The SMILES string of the molecule is O=C(Nc1ccc(Oc2ccc(NC(=O)C3CC3(Cl)Cl)nc2)cc1)C1CC1(Cl)Cl. The molecule has 0 radical (unpaired) electrons. The van der Waals surface area contributed by atoms with Crippen molar-refractivity contribution < 1.29 is 14.3 Å². The largest absolute Gasteiger partial charge is 0.456 e. The van der Waals surface area contributed by atoms with Crippen LogP contribution >= 0.6 is 46.4 Å². The van der Waals surface area contributed by atoms with E-state index in [1.807, 2.05) is 0 Å². The van der Waals surface area contributed by atoms with Crippen LogP contribution in [0.3, 0.4) is 0 Å². The minimum atomic E-state index is -0.978. The van der Waals surface area contributed by atoms with Gasteiger partial charge in [-0.3, -0.25) is 9.59 Å². The molecule has 10 heteroatoms. The normalized spacial score (nSPS) is 23.0. The standard InChI is InChI=1S/C19H15Cl4N3O3/c20-18(21)7-13(18)16(27)25-10-1-3-11(4-2-10)29-12-5-6-15(24-9-12)26-17(28)14-8-19(14,22)23/h1-6,9,13-14H,7-8H2,(H,25,27)(H,24,26,28). The summed E-state index contributed by atoms with van der Waals surface area (Å²) in [7, 11) is 0. The average molecular weight is 475 g/mol. The van der Waals surface area contributed by atoms with Crippen molar-refractivity contribution in [3.05, 3.63) is 42.6 Å². The van der Waals surface area contributed by atoms with Gasteiger partial charge in [-0.05, 0) is 49.2 Å². The molecule has 2 unspecified atom stereocenters. The average Bonchev–Trinajstić information content (AvgIpc) is 3.52. The zero-order valence-corrected chi connectivity index (χ0v) is 17.8. The molecule has 1 aromatic heterocycles. The van der Waals surface area contributed by atoms with E-state index in [2.05, 4.69) is 15.6 Å². The van der Waals surface area contributed by atoms with Crippen molar-refractivity contribution in [2.45, 2.75) is 21.5 Å². The minimum absolute atomic E-state index is 0.211. The van der Waals surface area contributed by atoms with E-state index in [1.54, 1.807) is 36.4 Å². The number of alkyl halides is 4. The Morgan fingerprint density at radius 1 is 0.862 bits per heavy atom. The molecule has 2 N–H and O–H groups in total. The molecule has 4 rings (SSSR count). The van der Waals surface area contributed by atoms with Gasteiger partial charge in [-0.1, -0.05) is 0 Å². The van der Waals surface area contributed by atoms with E-state index in [0.717, 1.165) is 0 Å². The smallest absolute Gasteiger partial charge is 0.231 e. The second kappa shape index (κ2) is 7.51. The Morgan fingerprint density at radius 2 is 1.38 bits per heavy atom. The molecular formula is C19H15Cl4N3O3. The molecule has 2 aliphatic rings. The van der Waals surface area contributed by atoms with E-state index in [0.29, 0.717) is 35.8 Å². The number of hydrogen-bond donors (Lipinski definition) is 2. The number of rotatable bonds is 6. The predicted molar refractivity (Wildman–Crippen MR) is 113 cm³/mol. The lowest BCUT2D eigenvalue weighted by Crippen LogP contribution is -2.17. The zero-order valence-electron chi connectivity index (χ0n) is 14.8. The van der Waals surface area contributed by atoms with Gasteiger partial charge in [0.1, 0.15) is 26.0 Å². The van der Waals surface area contributed by atoms with E-state index < -0.39 is 20.5 Å². The summed E-state index contributed by atoms with van der Waals surface area (Å²) in [5, 5.41) is 5.42. The van der Waals surface area contributed by atoms with Gasteiger partial charge >= 0.3 is 0 Å². The van der Waals surface area contributed by atoms with Gasteiger partial charge in [0.25, 0.3) is 0 Å². The summed E-state index contributed by atoms with van der Waals surface area (Å²) >= 11 is 23.6. The van der Waals surface area contributed by atoms with Crippen molar-refractivity contribution in [2.24, 2.45) is 11.8 Å². The predicted octanol–water partition coefficient (Wildman–Crippen LogP) is 5.14. The number of nitrogens with one attached hydrogen (secondary N) is 2. The molecule has 0 saturated heterocycles. The number of anilines is 2. The van der Waals surface area contributed by atoms with Gasteiger partial charge in [-0.25, -0.2) is 4.98 Å². The van der Waals surface area contributed by atoms with Crippen molar-refractivity contribution in [1.29, 1.82) is 0 Å². The summed E-state index contributed by atoms with van der Waals surface area (Å²) in [5.74, 6) is 0.139. The Balaban J connectivity index is 1.30. The first-order chi connectivity index (χ1) is 13.6. The topological polar surface area (TPSA) is 80.3 Å². The van der Waals surface area contributed by atoms with Crippen molar-refractivity contribution in [3.8, 4) is 11.5 Å². The lowest BCUT2D eigenvalue weighted by atomic mass is 10.3. The summed E-state index contributed by atoms with van der Waals surface area (Å²) in [6.45, 7) is 0. The van der Waals surface area contributed by atoms with Crippen LogP contribution in [0.1, 0.15) is 12.8 Å². The van der Waals surface area contributed by atoms with Crippen LogP contribution in [0.15, 0.2) is 42.6 Å². The van der Waals surface area contributed by atoms with Crippen molar-refractivity contribution in [3.63, 3.8) is 0 Å². The summed E-state index contributed by atoms with van der Waals surface area (Å²) in [5.41, 5.74) is 0.615. The minimum Gasteiger partial charge on any atom is -0.456 e. The van der Waals surface area contributed by atoms with Crippen LogP contribution in [0, 0.1) is 11.8 Å². The Hall–Kier alpha value is -1.73. The highest BCUT2D eigenvalue weighted by Gasteiger charge is 2.57. The maximum Gasteiger partial charge on any atom is 0.231 e. The van der Waals surface area contributed by atoms with Crippen molar-refractivity contribution in [2.75, 3.05) is 10.6 Å².